The highest BCUT2D eigenvalue weighted by Gasteiger charge is 2.01. The van der Waals surface area contributed by atoms with Crippen molar-refractivity contribution in [1.29, 1.82) is 0 Å². The molecule has 2 rings (SSSR count). The highest BCUT2D eigenvalue weighted by atomic mass is 127. The van der Waals surface area contributed by atoms with Gasteiger partial charge in [0.15, 0.2) is 0 Å². The molecular weight excluding hydrogens is 297 g/mol. The fraction of sp³-hybridized carbons (Fsp3) is 0.154. The van der Waals surface area contributed by atoms with Crippen molar-refractivity contribution in [2.45, 2.75) is 13.3 Å². The van der Waals surface area contributed by atoms with E-state index in [0.717, 1.165) is 6.42 Å². The highest BCUT2D eigenvalue weighted by molar-refractivity contribution is 14.1. The van der Waals surface area contributed by atoms with Crippen molar-refractivity contribution in [3.8, 4) is 0 Å². The minimum atomic E-state index is 0.966. The maximum absolute atomic E-state index is 4.13. The van der Waals surface area contributed by atoms with Crippen molar-refractivity contribution in [3.63, 3.8) is 0 Å². The fourth-order valence-electron chi connectivity index (χ4n) is 1.56. The van der Waals surface area contributed by atoms with Crippen molar-refractivity contribution < 1.29 is 0 Å². The third-order valence-electron chi connectivity index (χ3n) is 2.32. The molecule has 0 saturated carbocycles. The number of hydrogen-bond acceptors (Lipinski definition) is 1. The molecule has 15 heavy (non-hydrogen) atoms. The van der Waals surface area contributed by atoms with Crippen LogP contribution in [0.3, 0.4) is 0 Å². The first-order valence-corrected chi connectivity index (χ1v) is 5.97. The van der Waals surface area contributed by atoms with Crippen LogP contribution in [0.4, 0.5) is 0 Å². The molecule has 0 N–H and O–H groups in total. The topological polar surface area (TPSA) is 12.9 Å². The van der Waals surface area contributed by atoms with E-state index in [1.807, 2.05) is 18.5 Å². The maximum Gasteiger partial charge on any atom is 0.0303 e. The van der Waals surface area contributed by atoms with Gasteiger partial charge in [0.2, 0.25) is 0 Å². The molecule has 0 spiro atoms. The van der Waals surface area contributed by atoms with Gasteiger partial charge in [-0.2, -0.15) is 0 Å². The molecule has 0 saturated heterocycles. The Morgan fingerprint density at radius 2 is 2.13 bits per heavy atom. The number of pyridine rings is 1. The number of aryl methyl sites for hydroxylation is 1. The first kappa shape index (κ1) is 10.6. The summed E-state index contributed by atoms with van der Waals surface area (Å²) in [4.78, 5) is 4.13. The van der Waals surface area contributed by atoms with Crippen LogP contribution in [0.2, 0.25) is 0 Å². The summed E-state index contributed by atoms with van der Waals surface area (Å²) in [6.07, 6.45) is 4.71. The number of benzene rings is 1. The van der Waals surface area contributed by atoms with E-state index >= 15 is 0 Å². The molecule has 0 aliphatic carbocycles. The van der Waals surface area contributed by atoms with Gasteiger partial charge in [-0.3, -0.25) is 4.98 Å². The van der Waals surface area contributed by atoms with E-state index in [1.165, 1.54) is 20.3 Å². The van der Waals surface area contributed by atoms with Crippen LogP contribution < -0.4 is 0 Å². The molecule has 0 aliphatic heterocycles. The lowest BCUT2D eigenvalue weighted by molar-refractivity contribution is 1.13. The highest BCUT2D eigenvalue weighted by Crippen LogP contribution is 2.17. The van der Waals surface area contributed by atoms with E-state index in [4.69, 9.17) is 0 Å². The third-order valence-corrected chi connectivity index (χ3v) is 3.37. The number of aromatic nitrogens is 1. The van der Waals surface area contributed by atoms with Crippen molar-refractivity contribution in [1.82, 2.24) is 4.98 Å². The Morgan fingerprint density at radius 1 is 1.27 bits per heavy atom. The van der Waals surface area contributed by atoms with Crippen molar-refractivity contribution >= 4 is 22.6 Å². The Bertz CT molecular complexity index is 451. The van der Waals surface area contributed by atoms with Crippen molar-refractivity contribution in [2.24, 2.45) is 0 Å². The monoisotopic (exact) mass is 309 g/mol. The summed E-state index contributed by atoms with van der Waals surface area (Å²) in [7, 11) is 0. The van der Waals surface area contributed by atoms with Gasteiger partial charge < -0.3 is 0 Å². The molecule has 0 atom stereocenters. The molecule has 0 amide bonds. The van der Waals surface area contributed by atoms with Crippen molar-refractivity contribution in [3.05, 3.63) is 63.0 Å². The molecule has 0 radical (unpaired) electrons. The van der Waals surface area contributed by atoms with E-state index in [-0.39, 0.29) is 0 Å². The van der Waals surface area contributed by atoms with Crippen molar-refractivity contribution in [2.75, 3.05) is 0 Å². The Labute approximate surface area is 104 Å². The molecule has 0 aliphatic rings. The predicted molar refractivity (Wildman–Crippen MR) is 70.9 cm³/mol. The van der Waals surface area contributed by atoms with Crippen LogP contribution in [0.15, 0.2) is 42.7 Å². The van der Waals surface area contributed by atoms with Gasteiger partial charge in [-0.25, -0.2) is 0 Å². The molecule has 2 aromatic rings. The number of nitrogens with zero attached hydrogens (tertiary/aromatic N) is 1. The van der Waals surface area contributed by atoms with Gasteiger partial charge in [0.25, 0.3) is 0 Å². The van der Waals surface area contributed by atoms with Gasteiger partial charge in [-0.1, -0.05) is 23.8 Å². The summed E-state index contributed by atoms with van der Waals surface area (Å²) >= 11 is 2.38. The zero-order valence-electron chi connectivity index (χ0n) is 8.57. The van der Waals surface area contributed by atoms with Crippen LogP contribution in [0.1, 0.15) is 16.7 Å². The number of rotatable bonds is 2. The standard InChI is InChI=1S/C13H12IN/c1-10-4-5-13(14)12(7-10)8-11-3-2-6-15-9-11/h2-7,9H,8H2,1H3. The minimum Gasteiger partial charge on any atom is -0.264 e. The summed E-state index contributed by atoms with van der Waals surface area (Å²) in [6.45, 7) is 2.13. The van der Waals surface area contributed by atoms with E-state index in [2.05, 4.69) is 58.8 Å². The summed E-state index contributed by atoms with van der Waals surface area (Å²) in [5.41, 5.74) is 3.96. The molecule has 1 aromatic carbocycles. The summed E-state index contributed by atoms with van der Waals surface area (Å²) in [6, 6.07) is 10.7. The molecule has 2 heteroatoms. The van der Waals surface area contributed by atoms with Gasteiger partial charge in [-0.15, -0.1) is 0 Å². The van der Waals surface area contributed by atoms with E-state index in [9.17, 15) is 0 Å². The molecular formula is C13H12IN. The first-order valence-electron chi connectivity index (χ1n) is 4.89. The fourth-order valence-corrected chi connectivity index (χ4v) is 2.09. The van der Waals surface area contributed by atoms with E-state index in [1.54, 1.807) is 0 Å². The van der Waals surface area contributed by atoms with Crippen LogP contribution in [-0.2, 0) is 6.42 Å². The minimum absolute atomic E-state index is 0.966. The lowest BCUT2D eigenvalue weighted by Crippen LogP contribution is -1.92. The number of hydrogen-bond donors (Lipinski definition) is 0. The summed E-state index contributed by atoms with van der Waals surface area (Å²) < 4.78 is 1.32. The third kappa shape index (κ3) is 2.78. The normalized spacial score (nSPS) is 10.3. The second-order valence-electron chi connectivity index (χ2n) is 3.63. The lowest BCUT2D eigenvalue weighted by atomic mass is 10.0. The predicted octanol–water partition coefficient (Wildman–Crippen LogP) is 3.59. The Balaban J connectivity index is 2.28. The van der Waals surface area contributed by atoms with Crippen LogP contribution in [0.5, 0.6) is 0 Å². The average Bonchev–Trinajstić information content (AvgIpc) is 2.25. The van der Waals surface area contributed by atoms with Gasteiger partial charge >= 0.3 is 0 Å². The molecule has 1 aromatic heterocycles. The van der Waals surface area contributed by atoms with Gasteiger partial charge in [0, 0.05) is 22.4 Å². The Hall–Kier alpha value is -0.900. The molecule has 0 bridgehead atoms. The van der Waals surface area contributed by atoms with Gasteiger partial charge in [0.1, 0.15) is 0 Å². The first-order chi connectivity index (χ1) is 7.25. The van der Waals surface area contributed by atoms with Gasteiger partial charge in [0.05, 0.1) is 0 Å². The van der Waals surface area contributed by atoms with Crippen LogP contribution in [0, 0.1) is 10.5 Å². The second kappa shape index (κ2) is 4.75. The summed E-state index contributed by atoms with van der Waals surface area (Å²) in [5, 5.41) is 0. The van der Waals surface area contributed by atoms with Crippen LogP contribution in [0.25, 0.3) is 0 Å². The Morgan fingerprint density at radius 3 is 2.87 bits per heavy atom. The zero-order valence-corrected chi connectivity index (χ0v) is 10.7. The average molecular weight is 309 g/mol. The lowest BCUT2D eigenvalue weighted by Gasteiger charge is -2.05. The maximum atomic E-state index is 4.13. The molecule has 76 valence electrons. The molecule has 0 unspecified atom stereocenters. The molecule has 0 fully saturated rings. The summed E-state index contributed by atoms with van der Waals surface area (Å²) in [5.74, 6) is 0. The number of halogens is 1. The Kier molecular flexibility index (Phi) is 3.36. The molecule has 1 heterocycles. The smallest absolute Gasteiger partial charge is 0.0303 e. The van der Waals surface area contributed by atoms with Crippen LogP contribution in [-0.4, -0.2) is 4.98 Å². The van der Waals surface area contributed by atoms with E-state index in [0.29, 0.717) is 0 Å². The van der Waals surface area contributed by atoms with Crippen LogP contribution >= 0.6 is 22.6 Å². The van der Waals surface area contributed by atoms with E-state index < -0.39 is 0 Å². The SMILES string of the molecule is Cc1ccc(I)c(Cc2cccnc2)c1. The zero-order chi connectivity index (χ0) is 10.7. The quantitative estimate of drug-likeness (QED) is 0.773. The largest absolute Gasteiger partial charge is 0.264 e. The second-order valence-corrected chi connectivity index (χ2v) is 4.80. The van der Waals surface area contributed by atoms with Gasteiger partial charge in [-0.05, 0) is 52.8 Å². The molecule has 1 nitrogen and oxygen atoms in total.